The van der Waals surface area contributed by atoms with Crippen molar-refractivity contribution in [3.8, 4) is 0 Å². The van der Waals surface area contributed by atoms with Crippen molar-refractivity contribution in [3.05, 3.63) is 95.6 Å². The van der Waals surface area contributed by atoms with E-state index in [1.807, 2.05) is 6.92 Å². The van der Waals surface area contributed by atoms with Gasteiger partial charge in [-0.25, -0.2) is 8.42 Å². The van der Waals surface area contributed by atoms with E-state index in [0.717, 1.165) is 9.87 Å². The predicted molar refractivity (Wildman–Crippen MR) is 166 cm³/mol. The van der Waals surface area contributed by atoms with Gasteiger partial charge in [0, 0.05) is 12.7 Å². The van der Waals surface area contributed by atoms with Gasteiger partial charge in [0.25, 0.3) is 0 Å². The number of carbonyl (C=O) groups excluding carboxylic acids is 3. The Bertz CT molecular complexity index is 1500. The number of nitrogens with one attached hydrogen (secondary N) is 2. The number of amides is 3. The number of primary amides is 1. The number of likely N-dealkylation sites (N-methyl/N-ethyl adjacent to an activating group) is 1. The fourth-order valence-electron chi connectivity index (χ4n) is 4.61. The van der Waals surface area contributed by atoms with Gasteiger partial charge in [0.1, 0.15) is 18.1 Å². The summed E-state index contributed by atoms with van der Waals surface area (Å²) in [6.07, 6.45) is 1.28. The molecule has 11 nitrogen and oxygen atoms in total. The largest absolute Gasteiger partial charge is 0.399 e. The van der Waals surface area contributed by atoms with Crippen LogP contribution in [0.2, 0.25) is 0 Å². The van der Waals surface area contributed by atoms with Crippen LogP contribution in [-0.2, 0) is 30.8 Å². The van der Waals surface area contributed by atoms with Crippen LogP contribution < -0.4 is 27.8 Å². The highest BCUT2D eigenvalue weighted by Gasteiger charge is 2.35. The number of sulfonamides is 1. The maximum absolute atomic E-state index is 13.9. The summed E-state index contributed by atoms with van der Waals surface area (Å²) in [5.41, 5.74) is 19.7. The van der Waals surface area contributed by atoms with E-state index in [0.29, 0.717) is 36.2 Å². The molecule has 0 aliphatic heterocycles. The molecule has 230 valence electrons. The van der Waals surface area contributed by atoms with Crippen LogP contribution in [-0.4, -0.2) is 56.1 Å². The molecule has 12 heteroatoms. The Morgan fingerprint density at radius 3 is 2.16 bits per heavy atom. The van der Waals surface area contributed by atoms with Crippen LogP contribution in [0.25, 0.3) is 0 Å². The lowest BCUT2D eigenvalue weighted by Crippen LogP contribution is -2.55. The van der Waals surface area contributed by atoms with Crippen molar-refractivity contribution >= 4 is 33.4 Å². The zero-order valence-electron chi connectivity index (χ0n) is 24.4. The minimum Gasteiger partial charge on any atom is -0.399 e. The lowest BCUT2D eigenvalue weighted by atomic mass is 10.0. The number of nitrogen functional groups attached to an aromatic ring is 1. The number of carbonyl (C=O) groups is 3. The molecule has 3 aromatic rings. The van der Waals surface area contributed by atoms with Gasteiger partial charge in [-0.05, 0) is 74.5 Å². The topological polar surface area (TPSA) is 191 Å². The molecule has 0 bridgehead atoms. The smallest absolute Gasteiger partial charge is 0.244 e. The average molecular weight is 609 g/mol. The highest BCUT2D eigenvalue weighted by Crippen LogP contribution is 2.21. The van der Waals surface area contributed by atoms with E-state index in [2.05, 4.69) is 10.6 Å². The number of hydrogen-bond donors (Lipinski definition) is 5. The van der Waals surface area contributed by atoms with Crippen molar-refractivity contribution in [3.63, 3.8) is 0 Å². The van der Waals surface area contributed by atoms with Gasteiger partial charge in [-0.2, -0.15) is 4.31 Å². The molecule has 0 aliphatic rings. The van der Waals surface area contributed by atoms with E-state index < -0.39 is 45.9 Å². The number of anilines is 1. The molecule has 0 radical (unpaired) electrons. The van der Waals surface area contributed by atoms with E-state index in [1.165, 1.54) is 19.2 Å². The summed E-state index contributed by atoms with van der Waals surface area (Å²) in [6.45, 7) is 2.22. The third-order valence-corrected chi connectivity index (χ3v) is 8.98. The average Bonchev–Trinajstić information content (AvgIpc) is 2.98. The second-order valence-corrected chi connectivity index (χ2v) is 12.4. The molecule has 8 N–H and O–H groups in total. The summed E-state index contributed by atoms with van der Waals surface area (Å²) in [5.74, 6) is -2.09. The highest BCUT2D eigenvalue weighted by atomic mass is 32.2. The van der Waals surface area contributed by atoms with Crippen molar-refractivity contribution in [1.82, 2.24) is 14.9 Å². The Morgan fingerprint density at radius 2 is 1.56 bits per heavy atom. The molecule has 0 heterocycles. The lowest BCUT2D eigenvalue weighted by Gasteiger charge is -2.29. The SMILES string of the molecule is Cc1ccc(S(=O)(=O)N(C)[C@@H](Cc2cccc(N)c2)C(=O)N[C@@H](CCCCN)C(=O)N[C@@H](C(N)=O)c2ccccc2)cc1. The highest BCUT2D eigenvalue weighted by molar-refractivity contribution is 7.89. The minimum atomic E-state index is -4.11. The normalized spacial score (nSPS) is 13.6. The first-order valence-electron chi connectivity index (χ1n) is 14.0. The monoisotopic (exact) mass is 608 g/mol. The molecule has 0 saturated carbocycles. The second kappa shape index (κ2) is 15.3. The van der Waals surface area contributed by atoms with E-state index >= 15 is 0 Å². The van der Waals surface area contributed by atoms with Gasteiger partial charge in [-0.1, -0.05) is 60.2 Å². The fraction of sp³-hybridized carbons (Fsp3) is 0.323. The van der Waals surface area contributed by atoms with Crippen molar-refractivity contribution < 1.29 is 22.8 Å². The van der Waals surface area contributed by atoms with Gasteiger partial charge in [0.2, 0.25) is 27.7 Å². The van der Waals surface area contributed by atoms with Gasteiger partial charge in [-0.15, -0.1) is 0 Å². The van der Waals surface area contributed by atoms with Gasteiger partial charge in [-0.3, -0.25) is 14.4 Å². The maximum Gasteiger partial charge on any atom is 0.244 e. The molecule has 3 aromatic carbocycles. The molecule has 3 amide bonds. The Labute approximate surface area is 252 Å². The van der Waals surface area contributed by atoms with Gasteiger partial charge < -0.3 is 27.8 Å². The molecule has 0 aromatic heterocycles. The van der Waals surface area contributed by atoms with E-state index in [-0.39, 0.29) is 17.7 Å². The Balaban J connectivity index is 1.93. The maximum atomic E-state index is 13.9. The third kappa shape index (κ3) is 9.11. The fourth-order valence-corrected chi connectivity index (χ4v) is 5.93. The van der Waals surface area contributed by atoms with E-state index in [4.69, 9.17) is 17.2 Å². The second-order valence-electron chi connectivity index (χ2n) is 10.4. The zero-order chi connectivity index (χ0) is 31.6. The molecule has 0 spiro atoms. The van der Waals surface area contributed by atoms with E-state index in [1.54, 1.807) is 66.7 Å². The molecule has 3 rings (SSSR count). The number of unbranched alkanes of at least 4 members (excludes halogenated alkanes) is 1. The van der Waals surface area contributed by atoms with Crippen LogP contribution >= 0.6 is 0 Å². The summed E-state index contributed by atoms with van der Waals surface area (Å²) < 4.78 is 28.3. The number of nitrogens with two attached hydrogens (primary N) is 3. The van der Waals surface area contributed by atoms with Gasteiger partial charge >= 0.3 is 0 Å². The van der Waals surface area contributed by atoms with Crippen LogP contribution in [0.15, 0.2) is 83.8 Å². The van der Waals surface area contributed by atoms with Crippen molar-refractivity contribution in [2.45, 2.75) is 55.6 Å². The van der Waals surface area contributed by atoms with Crippen LogP contribution in [0.5, 0.6) is 0 Å². The Morgan fingerprint density at radius 1 is 0.884 bits per heavy atom. The van der Waals surface area contributed by atoms with Gasteiger partial charge in [0.05, 0.1) is 4.90 Å². The Hall–Kier alpha value is -4.26. The van der Waals surface area contributed by atoms with Crippen molar-refractivity contribution in [1.29, 1.82) is 0 Å². The first-order valence-corrected chi connectivity index (χ1v) is 15.4. The first kappa shape index (κ1) is 33.2. The first-order chi connectivity index (χ1) is 20.4. The van der Waals surface area contributed by atoms with Crippen molar-refractivity contribution in [2.75, 3.05) is 19.3 Å². The molecule has 0 aliphatic carbocycles. The number of benzene rings is 3. The minimum absolute atomic E-state index is 0.0104. The predicted octanol–water partition coefficient (Wildman–Crippen LogP) is 1.77. The van der Waals surface area contributed by atoms with Crippen molar-refractivity contribution in [2.24, 2.45) is 11.5 Å². The van der Waals surface area contributed by atoms with Crippen LogP contribution in [0, 0.1) is 6.92 Å². The zero-order valence-corrected chi connectivity index (χ0v) is 25.2. The number of rotatable bonds is 15. The summed E-state index contributed by atoms with van der Waals surface area (Å²) in [6, 6.07) is 18.2. The van der Waals surface area contributed by atoms with E-state index in [9.17, 15) is 22.8 Å². The molecule has 43 heavy (non-hydrogen) atoms. The lowest BCUT2D eigenvalue weighted by molar-refractivity contribution is -0.132. The molecule has 0 fully saturated rings. The summed E-state index contributed by atoms with van der Waals surface area (Å²) in [7, 11) is -2.78. The molecule has 0 saturated heterocycles. The summed E-state index contributed by atoms with van der Waals surface area (Å²) in [4.78, 5) is 39.7. The molecule has 0 unspecified atom stereocenters. The summed E-state index contributed by atoms with van der Waals surface area (Å²) in [5, 5.41) is 5.38. The van der Waals surface area contributed by atoms with Crippen LogP contribution in [0.4, 0.5) is 5.69 Å². The third-order valence-electron chi connectivity index (χ3n) is 7.10. The molecular weight excluding hydrogens is 568 g/mol. The number of nitrogens with zero attached hydrogens (tertiary/aromatic N) is 1. The standard InChI is InChI=1S/C31H40N6O5S/c1-21-14-16-25(17-15-21)43(41,42)37(2)27(20-22-9-8-12-24(33)19-22)31(40)35-26(13-6-7-18-32)30(39)36-28(29(34)38)23-10-4-3-5-11-23/h3-5,8-12,14-17,19,26-28H,6-7,13,18,20,32-33H2,1-2H3,(H2,34,38)(H,35,40)(H,36,39)/t26-,27-,28+/m0/s1. The quantitative estimate of drug-likeness (QED) is 0.128. The molecule has 3 atom stereocenters. The van der Waals surface area contributed by atoms with Gasteiger partial charge in [0.15, 0.2) is 0 Å². The van der Waals surface area contributed by atoms with Crippen LogP contribution in [0.3, 0.4) is 0 Å². The van der Waals surface area contributed by atoms with Crippen LogP contribution in [0.1, 0.15) is 42.0 Å². The molecular formula is C31H40N6O5S. The summed E-state index contributed by atoms with van der Waals surface area (Å²) >= 11 is 0. The Kier molecular flexibility index (Phi) is 11.8. The number of hydrogen-bond acceptors (Lipinski definition) is 7. The number of aryl methyl sites for hydroxylation is 1.